The second-order valence-corrected chi connectivity index (χ2v) is 5.59. The van der Waals surface area contributed by atoms with Crippen molar-refractivity contribution in [1.29, 1.82) is 0 Å². The van der Waals surface area contributed by atoms with Crippen LogP contribution in [0.1, 0.15) is 25.0 Å². The van der Waals surface area contributed by atoms with Crippen LogP contribution in [0.2, 0.25) is 5.02 Å². The van der Waals surface area contributed by atoms with Crippen LogP contribution < -0.4 is 10.1 Å². The van der Waals surface area contributed by atoms with Gasteiger partial charge in [0.1, 0.15) is 18.2 Å². The fourth-order valence-corrected chi connectivity index (χ4v) is 2.08. The molecule has 0 aliphatic heterocycles. The minimum atomic E-state index is -0.420. The highest BCUT2D eigenvalue weighted by Gasteiger charge is 2.07. The van der Waals surface area contributed by atoms with Gasteiger partial charge in [0.25, 0.3) is 0 Å². The van der Waals surface area contributed by atoms with E-state index in [0.29, 0.717) is 11.6 Å². The Morgan fingerprint density at radius 2 is 1.95 bits per heavy atom. The quantitative estimate of drug-likeness (QED) is 0.845. The Morgan fingerprint density at radius 1 is 1.19 bits per heavy atom. The molecular weight excluding hydrogens is 289 g/mol. The number of halogens is 2. The third-order valence-corrected chi connectivity index (χ3v) is 3.33. The van der Waals surface area contributed by atoms with Crippen molar-refractivity contribution in [1.82, 2.24) is 5.32 Å². The zero-order chi connectivity index (χ0) is 15.2. The van der Waals surface area contributed by atoms with Crippen molar-refractivity contribution < 1.29 is 9.13 Å². The van der Waals surface area contributed by atoms with E-state index in [2.05, 4.69) is 19.2 Å². The minimum Gasteiger partial charge on any atom is -0.489 e. The van der Waals surface area contributed by atoms with Gasteiger partial charge < -0.3 is 10.1 Å². The molecule has 0 unspecified atom stereocenters. The molecule has 2 rings (SSSR count). The Kier molecular flexibility index (Phi) is 5.59. The lowest BCUT2D eigenvalue weighted by molar-refractivity contribution is 0.299. The van der Waals surface area contributed by atoms with Crippen LogP contribution in [0.25, 0.3) is 0 Å². The van der Waals surface area contributed by atoms with E-state index in [1.807, 2.05) is 24.3 Å². The van der Waals surface area contributed by atoms with Gasteiger partial charge in [0.2, 0.25) is 0 Å². The monoisotopic (exact) mass is 307 g/mol. The van der Waals surface area contributed by atoms with Crippen LogP contribution in [0.15, 0.2) is 42.5 Å². The minimum absolute atomic E-state index is 0.117. The average molecular weight is 308 g/mol. The van der Waals surface area contributed by atoms with Crippen molar-refractivity contribution in [3.63, 3.8) is 0 Å². The van der Waals surface area contributed by atoms with Crippen molar-refractivity contribution in [2.75, 3.05) is 0 Å². The van der Waals surface area contributed by atoms with Gasteiger partial charge >= 0.3 is 0 Å². The first-order valence-corrected chi connectivity index (χ1v) is 7.32. The maximum atomic E-state index is 13.8. The third kappa shape index (κ3) is 4.73. The highest BCUT2D eigenvalue weighted by atomic mass is 35.5. The summed E-state index contributed by atoms with van der Waals surface area (Å²) in [5.41, 5.74) is 1.58. The molecule has 0 aromatic heterocycles. The zero-order valence-corrected chi connectivity index (χ0v) is 13.0. The molecule has 0 bridgehead atoms. The van der Waals surface area contributed by atoms with Gasteiger partial charge in [-0.25, -0.2) is 4.39 Å². The predicted octanol–water partition coefficient (Wildman–Crippen LogP) is 4.56. The van der Waals surface area contributed by atoms with E-state index in [1.54, 1.807) is 12.1 Å². The van der Waals surface area contributed by atoms with E-state index >= 15 is 0 Å². The molecule has 0 amide bonds. The topological polar surface area (TPSA) is 21.3 Å². The zero-order valence-electron chi connectivity index (χ0n) is 12.2. The molecule has 0 saturated heterocycles. The molecule has 0 aliphatic rings. The summed E-state index contributed by atoms with van der Waals surface area (Å²) in [6.07, 6.45) is 0. The van der Waals surface area contributed by atoms with Crippen LogP contribution >= 0.6 is 11.6 Å². The summed E-state index contributed by atoms with van der Waals surface area (Å²) in [5, 5.41) is 3.46. The summed E-state index contributed by atoms with van der Waals surface area (Å²) in [7, 11) is 0. The van der Waals surface area contributed by atoms with Crippen molar-refractivity contribution >= 4 is 11.6 Å². The van der Waals surface area contributed by atoms with E-state index in [4.69, 9.17) is 16.3 Å². The van der Waals surface area contributed by atoms with Crippen LogP contribution in [0.4, 0.5) is 4.39 Å². The van der Waals surface area contributed by atoms with Gasteiger partial charge in [-0.05, 0) is 23.8 Å². The number of hydrogen-bond acceptors (Lipinski definition) is 2. The van der Waals surface area contributed by atoms with Crippen LogP contribution in [0.5, 0.6) is 5.75 Å². The summed E-state index contributed by atoms with van der Waals surface area (Å²) in [4.78, 5) is 0. The van der Waals surface area contributed by atoms with Crippen molar-refractivity contribution in [3.05, 3.63) is 64.4 Å². The lowest BCUT2D eigenvalue weighted by Crippen LogP contribution is -2.21. The van der Waals surface area contributed by atoms with Gasteiger partial charge in [0, 0.05) is 18.2 Å². The van der Waals surface area contributed by atoms with Crippen molar-refractivity contribution in [2.45, 2.75) is 33.0 Å². The molecule has 0 fully saturated rings. The molecule has 0 radical (unpaired) electrons. The SMILES string of the molecule is CC(C)NCc1cccc(OCc2cccc(Cl)c2F)c1. The molecule has 2 aromatic carbocycles. The van der Waals surface area contributed by atoms with E-state index in [0.717, 1.165) is 17.9 Å². The summed E-state index contributed by atoms with van der Waals surface area (Å²) < 4.78 is 19.4. The van der Waals surface area contributed by atoms with Crippen LogP contribution in [0.3, 0.4) is 0 Å². The lowest BCUT2D eigenvalue weighted by atomic mass is 10.2. The van der Waals surface area contributed by atoms with Gasteiger partial charge in [-0.1, -0.05) is 49.7 Å². The van der Waals surface area contributed by atoms with Crippen LogP contribution in [0, 0.1) is 5.82 Å². The summed E-state index contributed by atoms with van der Waals surface area (Å²) >= 11 is 5.75. The maximum Gasteiger partial charge on any atom is 0.148 e. The Balaban J connectivity index is 2.00. The molecule has 4 heteroatoms. The average Bonchev–Trinajstić information content (AvgIpc) is 2.47. The standard InChI is InChI=1S/C17H19ClFNO/c1-12(2)20-10-13-5-3-7-15(9-13)21-11-14-6-4-8-16(18)17(14)19/h3-9,12,20H,10-11H2,1-2H3. The summed E-state index contributed by atoms with van der Waals surface area (Å²) in [6, 6.07) is 13.1. The van der Waals surface area contributed by atoms with E-state index in [1.165, 1.54) is 6.07 Å². The third-order valence-electron chi connectivity index (χ3n) is 3.04. The molecule has 0 atom stereocenters. The molecule has 0 heterocycles. The van der Waals surface area contributed by atoms with Gasteiger partial charge in [0.15, 0.2) is 0 Å². The Hall–Kier alpha value is -1.58. The predicted molar refractivity (Wildman–Crippen MR) is 84.2 cm³/mol. The molecule has 0 aliphatic carbocycles. The van der Waals surface area contributed by atoms with E-state index in [9.17, 15) is 4.39 Å². The molecule has 1 N–H and O–H groups in total. The highest BCUT2D eigenvalue weighted by molar-refractivity contribution is 6.30. The van der Waals surface area contributed by atoms with Crippen molar-refractivity contribution in [3.8, 4) is 5.75 Å². The van der Waals surface area contributed by atoms with Gasteiger partial charge in [0.05, 0.1) is 5.02 Å². The summed E-state index contributed by atoms with van der Waals surface area (Å²) in [6.45, 7) is 5.14. The van der Waals surface area contributed by atoms with Gasteiger partial charge in [-0.3, -0.25) is 0 Å². The number of nitrogens with one attached hydrogen (secondary N) is 1. The number of benzene rings is 2. The van der Waals surface area contributed by atoms with Gasteiger partial charge in [-0.15, -0.1) is 0 Å². The second-order valence-electron chi connectivity index (χ2n) is 5.18. The van der Waals surface area contributed by atoms with E-state index in [-0.39, 0.29) is 11.6 Å². The van der Waals surface area contributed by atoms with Crippen LogP contribution in [-0.4, -0.2) is 6.04 Å². The number of ether oxygens (including phenoxy) is 1. The first-order valence-electron chi connectivity index (χ1n) is 6.94. The molecule has 2 nitrogen and oxygen atoms in total. The molecule has 21 heavy (non-hydrogen) atoms. The molecular formula is C17H19ClFNO. The number of hydrogen-bond donors (Lipinski definition) is 1. The molecule has 0 saturated carbocycles. The maximum absolute atomic E-state index is 13.8. The highest BCUT2D eigenvalue weighted by Crippen LogP contribution is 2.20. The van der Waals surface area contributed by atoms with Gasteiger partial charge in [-0.2, -0.15) is 0 Å². The van der Waals surface area contributed by atoms with Crippen molar-refractivity contribution in [2.24, 2.45) is 0 Å². The molecule has 112 valence electrons. The Bertz CT molecular complexity index is 601. The lowest BCUT2D eigenvalue weighted by Gasteiger charge is -2.11. The van der Waals surface area contributed by atoms with E-state index < -0.39 is 5.82 Å². The molecule has 0 spiro atoms. The largest absolute Gasteiger partial charge is 0.489 e. The van der Waals surface area contributed by atoms with Crippen LogP contribution in [-0.2, 0) is 13.2 Å². The first kappa shape index (κ1) is 15.8. The fraction of sp³-hybridized carbons (Fsp3) is 0.294. The first-order chi connectivity index (χ1) is 10.1. The smallest absolute Gasteiger partial charge is 0.148 e. The Labute approximate surface area is 129 Å². The second kappa shape index (κ2) is 7.43. The summed E-state index contributed by atoms with van der Waals surface area (Å²) in [5.74, 6) is 0.300. The Morgan fingerprint density at radius 3 is 2.71 bits per heavy atom. The fourth-order valence-electron chi connectivity index (χ4n) is 1.89. The molecule has 2 aromatic rings. The number of rotatable bonds is 6. The normalized spacial score (nSPS) is 10.9.